The van der Waals surface area contributed by atoms with Gasteiger partial charge in [0.1, 0.15) is 0 Å². The topological polar surface area (TPSA) is 95.6 Å². The summed E-state index contributed by atoms with van der Waals surface area (Å²) in [5.41, 5.74) is 4.22. The molecule has 2 amide bonds. The number of fused-ring (bicyclic) bond motifs is 1. The number of hydrogen-bond donors (Lipinski definition) is 2. The maximum Gasteiger partial charge on any atom is 0.261 e. The predicted octanol–water partition coefficient (Wildman–Crippen LogP) is 4.00. The normalized spacial score (nSPS) is 13.9. The van der Waals surface area contributed by atoms with Crippen molar-refractivity contribution in [3.05, 3.63) is 47.0 Å². The number of benzene rings is 2. The van der Waals surface area contributed by atoms with E-state index in [1.54, 1.807) is 43.0 Å². The van der Waals surface area contributed by atoms with Gasteiger partial charge < -0.3 is 10.2 Å². The number of nitrogens with zero attached hydrogens (tertiary/aromatic N) is 1. The summed E-state index contributed by atoms with van der Waals surface area (Å²) in [6, 6.07) is 8.39. The fourth-order valence-corrected chi connectivity index (χ4v) is 5.07. The third-order valence-corrected chi connectivity index (χ3v) is 6.56. The number of carbonyl (C=O) groups is 2. The van der Waals surface area contributed by atoms with Crippen LogP contribution in [-0.4, -0.2) is 26.8 Å². The molecule has 3 rings (SSSR count). The average molecular weight is 444 g/mol. The maximum atomic E-state index is 13.0. The second-order valence-electron chi connectivity index (χ2n) is 8.46. The number of carbonyl (C=O) groups excluding carboxylic acids is 2. The van der Waals surface area contributed by atoms with Crippen LogP contribution in [-0.2, 0) is 26.0 Å². The molecule has 2 N–H and O–H groups in total. The molecule has 0 atom stereocenters. The summed E-state index contributed by atoms with van der Waals surface area (Å²) in [5.74, 6) is 0.221. The molecule has 1 heterocycles. The van der Waals surface area contributed by atoms with Crippen LogP contribution in [0.2, 0.25) is 0 Å². The summed E-state index contributed by atoms with van der Waals surface area (Å²) in [6.07, 6.45) is 1.00. The first-order valence-electron chi connectivity index (χ1n) is 10.3. The molecule has 1 aliphatic heterocycles. The Labute approximate surface area is 183 Å². The minimum absolute atomic E-state index is 0.0970. The van der Waals surface area contributed by atoms with Crippen molar-refractivity contribution in [3.63, 3.8) is 0 Å². The van der Waals surface area contributed by atoms with Crippen LogP contribution >= 0.6 is 0 Å². The number of amides is 2. The molecule has 166 valence electrons. The summed E-state index contributed by atoms with van der Waals surface area (Å²) in [6.45, 7) is 9.69. The van der Waals surface area contributed by atoms with Gasteiger partial charge in [0.2, 0.25) is 11.8 Å². The molecule has 0 aromatic heterocycles. The molecule has 0 saturated heterocycles. The Hall–Kier alpha value is -2.87. The molecular weight excluding hydrogens is 414 g/mol. The Morgan fingerprint density at radius 3 is 2.32 bits per heavy atom. The molecular formula is C23H29N3O4S. The quantitative estimate of drug-likeness (QED) is 0.705. The van der Waals surface area contributed by atoms with Crippen molar-refractivity contribution in [2.45, 2.75) is 52.4 Å². The number of anilines is 3. The Balaban J connectivity index is 1.89. The zero-order chi connectivity index (χ0) is 22.9. The van der Waals surface area contributed by atoms with Crippen molar-refractivity contribution in [2.75, 3.05) is 21.5 Å². The van der Waals surface area contributed by atoms with Gasteiger partial charge in [-0.25, -0.2) is 8.42 Å². The van der Waals surface area contributed by atoms with Gasteiger partial charge in [-0.1, -0.05) is 13.8 Å². The Morgan fingerprint density at radius 1 is 1.10 bits per heavy atom. The Morgan fingerprint density at radius 2 is 1.74 bits per heavy atom. The third kappa shape index (κ3) is 5.07. The second kappa shape index (κ2) is 8.70. The van der Waals surface area contributed by atoms with Crippen molar-refractivity contribution < 1.29 is 18.0 Å². The van der Waals surface area contributed by atoms with Gasteiger partial charge in [0.25, 0.3) is 10.0 Å². The van der Waals surface area contributed by atoms with Gasteiger partial charge in [-0.15, -0.1) is 0 Å². The van der Waals surface area contributed by atoms with E-state index in [9.17, 15) is 18.0 Å². The lowest BCUT2D eigenvalue weighted by Crippen LogP contribution is -2.37. The maximum absolute atomic E-state index is 13.0. The number of aryl methyl sites for hydroxylation is 3. The lowest BCUT2D eigenvalue weighted by Gasteiger charge is -2.31. The summed E-state index contributed by atoms with van der Waals surface area (Å²) >= 11 is 0. The summed E-state index contributed by atoms with van der Waals surface area (Å²) in [7, 11) is -3.82. The number of sulfonamides is 1. The molecule has 8 heteroatoms. The van der Waals surface area contributed by atoms with Crippen molar-refractivity contribution >= 4 is 38.9 Å². The number of nitrogens with one attached hydrogen (secondary N) is 2. The van der Waals surface area contributed by atoms with Crippen LogP contribution in [0, 0.1) is 19.8 Å². The smallest absolute Gasteiger partial charge is 0.261 e. The van der Waals surface area contributed by atoms with E-state index < -0.39 is 10.0 Å². The summed E-state index contributed by atoms with van der Waals surface area (Å²) in [5, 5.41) is 2.74. The van der Waals surface area contributed by atoms with Gasteiger partial charge >= 0.3 is 0 Å². The van der Waals surface area contributed by atoms with E-state index in [2.05, 4.69) is 23.9 Å². The molecule has 7 nitrogen and oxygen atoms in total. The van der Waals surface area contributed by atoms with Crippen molar-refractivity contribution in [3.8, 4) is 0 Å². The van der Waals surface area contributed by atoms with Crippen LogP contribution in [0.25, 0.3) is 0 Å². The van der Waals surface area contributed by atoms with E-state index >= 15 is 0 Å². The molecule has 0 spiro atoms. The standard InChI is InChI=1S/C23H29N3O4S/c1-14(2)13-26-21-8-7-19(12-18(21)6-9-22(26)28)25-31(29,30)20-10-15(3)23(16(4)11-20)24-17(5)27/h7-8,10-12,14,25H,6,9,13H2,1-5H3,(H,24,27). The molecule has 0 fully saturated rings. The summed E-state index contributed by atoms with van der Waals surface area (Å²) < 4.78 is 28.7. The van der Waals surface area contributed by atoms with Gasteiger partial charge in [-0.05, 0) is 73.2 Å². The predicted molar refractivity (Wildman–Crippen MR) is 123 cm³/mol. The fraction of sp³-hybridized carbons (Fsp3) is 0.391. The van der Waals surface area contributed by atoms with Gasteiger partial charge in [0, 0.05) is 37.0 Å². The zero-order valence-electron chi connectivity index (χ0n) is 18.6. The Kier molecular flexibility index (Phi) is 6.40. The molecule has 2 aromatic rings. The van der Waals surface area contributed by atoms with Gasteiger partial charge in [0.05, 0.1) is 4.90 Å². The Bertz CT molecular complexity index is 1120. The monoisotopic (exact) mass is 443 g/mol. The van der Waals surface area contributed by atoms with E-state index in [-0.39, 0.29) is 16.7 Å². The van der Waals surface area contributed by atoms with Crippen molar-refractivity contribution in [1.29, 1.82) is 0 Å². The minimum Gasteiger partial charge on any atom is -0.326 e. The molecule has 1 aliphatic rings. The molecule has 0 saturated carbocycles. The van der Waals surface area contributed by atoms with Gasteiger partial charge in [-0.3, -0.25) is 14.3 Å². The van der Waals surface area contributed by atoms with E-state index in [0.29, 0.717) is 47.8 Å². The second-order valence-corrected chi connectivity index (χ2v) is 10.1. The molecule has 31 heavy (non-hydrogen) atoms. The third-order valence-electron chi connectivity index (χ3n) is 5.20. The van der Waals surface area contributed by atoms with Crippen molar-refractivity contribution in [1.82, 2.24) is 0 Å². The van der Waals surface area contributed by atoms with E-state index in [1.807, 2.05) is 6.07 Å². The number of rotatable bonds is 6. The van der Waals surface area contributed by atoms with Crippen molar-refractivity contribution in [2.24, 2.45) is 5.92 Å². The van der Waals surface area contributed by atoms with Crippen LogP contribution in [0.1, 0.15) is 43.9 Å². The highest BCUT2D eigenvalue weighted by Gasteiger charge is 2.25. The van der Waals surface area contributed by atoms with E-state index in [1.165, 1.54) is 6.92 Å². The van der Waals surface area contributed by atoms with Crippen LogP contribution < -0.4 is 14.9 Å². The first-order valence-corrected chi connectivity index (χ1v) is 11.8. The molecule has 0 unspecified atom stereocenters. The molecule has 0 bridgehead atoms. The van der Waals surface area contributed by atoms with Crippen LogP contribution in [0.3, 0.4) is 0 Å². The van der Waals surface area contributed by atoms with E-state index in [0.717, 1.165) is 11.3 Å². The SMILES string of the molecule is CC(=O)Nc1c(C)cc(S(=O)(=O)Nc2ccc3c(c2)CCC(=O)N3CC(C)C)cc1C. The summed E-state index contributed by atoms with van der Waals surface area (Å²) in [4.78, 5) is 25.6. The largest absolute Gasteiger partial charge is 0.326 e. The highest BCUT2D eigenvalue weighted by molar-refractivity contribution is 7.92. The minimum atomic E-state index is -3.82. The lowest BCUT2D eigenvalue weighted by molar-refractivity contribution is -0.119. The van der Waals surface area contributed by atoms with Crippen LogP contribution in [0.4, 0.5) is 17.1 Å². The average Bonchev–Trinajstić information content (AvgIpc) is 2.66. The fourth-order valence-electron chi connectivity index (χ4n) is 3.85. The lowest BCUT2D eigenvalue weighted by atomic mass is 9.99. The number of hydrogen-bond acceptors (Lipinski definition) is 4. The van der Waals surface area contributed by atoms with Crippen LogP contribution in [0.15, 0.2) is 35.2 Å². The molecule has 0 aliphatic carbocycles. The molecule has 0 radical (unpaired) electrons. The van der Waals surface area contributed by atoms with Gasteiger partial charge in [-0.2, -0.15) is 0 Å². The highest BCUT2D eigenvalue weighted by atomic mass is 32.2. The highest BCUT2D eigenvalue weighted by Crippen LogP contribution is 2.32. The van der Waals surface area contributed by atoms with Crippen LogP contribution in [0.5, 0.6) is 0 Å². The van der Waals surface area contributed by atoms with Gasteiger partial charge in [0.15, 0.2) is 0 Å². The first kappa shape index (κ1) is 22.8. The van der Waals surface area contributed by atoms with E-state index in [4.69, 9.17) is 0 Å². The first-order chi connectivity index (χ1) is 14.5. The molecule has 2 aromatic carbocycles. The zero-order valence-corrected chi connectivity index (χ0v) is 19.4.